The molecule has 1 N–H and O–H groups in total. The maximum atomic E-state index is 12.7. The van der Waals surface area contributed by atoms with Crippen LogP contribution < -0.4 is 15.6 Å². The van der Waals surface area contributed by atoms with E-state index in [1.807, 2.05) is 0 Å². The molecule has 0 radical (unpaired) electrons. The second-order valence-corrected chi connectivity index (χ2v) is 8.21. The minimum Gasteiger partial charge on any atom is -0.495 e. The van der Waals surface area contributed by atoms with Gasteiger partial charge in [-0.25, -0.2) is 13.1 Å². The van der Waals surface area contributed by atoms with E-state index in [4.69, 9.17) is 16.3 Å². The lowest BCUT2D eigenvalue weighted by molar-refractivity contribution is -0.117. The van der Waals surface area contributed by atoms with Crippen LogP contribution in [0.1, 0.15) is 0 Å². The fourth-order valence-electron chi connectivity index (χ4n) is 2.49. The maximum Gasteiger partial charge on any atom is 0.267 e. The van der Waals surface area contributed by atoms with Crippen LogP contribution in [-0.4, -0.2) is 31.2 Å². The number of hydrogen-bond donors (Lipinski definition) is 1. The largest absolute Gasteiger partial charge is 0.495 e. The molecular weight excluding hydrogens is 418 g/mol. The average molecular weight is 434 g/mol. The van der Waals surface area contributed by atoms with Crippen molar-refractivity contribution in [3.8, 4) is 5.75 Å². The first-order chi connectivity index (χ1) is 13.8. The molecular formula is C19H16ClN3O5S. The standard InChI is InChI=1S/C19H16ClN3O5S/c1-28-16-5-3-2-4-15(16)21-17(24)12-23-19(25)11-10-18(22-23)29(26,27)14-8-6-13(20)7-9-14/h2-11H,12H2,1H3,(H,21,24). The van der Waals surface area contributed by atoms with Crippen LogP contribution in [0.15, 0.2) is 75.4 Å². The minimum absolute atomic E-state index is 0.0296. The van der Waals surface area contributed by atoms with E-state index in [1.54, 1.807) is 24.3 Å². The Bertz CT molecular complexity index is 1210. The molecule has 0 aliphatic carbocycles. The fourth-order valence-corrected chi connectivity index (χ4v) is 3.81. The summed E-state index contributed by atoms with van der Waals surface area (Å²) in [5, 5.41) is 6.49. The van der Waals surface area contributed by atoms with Gasteiger partial charge < -0.3 is 10.1 Å². The van der Waals surface area contributed by atoms with Gasteiger partial charge in [-0.1, -0.05) is 23.7 Å². The maximum absolute atomic E-state index is 12.7. The third-order valence-corrected chi connectivity index (χ3v) is 5.83. The van der Waals surface area contributed by atoms with E-state index < -0.39 is 27.8 Å². The summed E-state index contributed by atoms with van der Waals surface area (Å²) < 4.78 is 31.4. The van der Waals surface area contributed by atoms with E-state index in [0.717, 1.165) is 16.8 Å². The summed E-state index contributed by atoms with van der Waals surface area (Å²) in [5.74, 6) is -0.120. The highest BCUT2D eigenvalue weighted by Crippen LogP contribution is 2.23. The molecule has 0 saturated carbocycles. The molecule has 150 valence electrons. The van der Waals surface area contributed by atoms with E-state index in [9.17, 15) is 18.0 Å². The van der Waals surface area contributed by atoms with E-state index in [0.29, 0.717) is 16.5 Å². The number of amides is 1. The molecule has 8 nitrogen and oxygen atoms in total. The molecule has 3 aromatic rings. The number of rotatable bonds is 6. The van der Waals surface area contributed by atoms with Crippen LogP contribution in [0.5, 0.6) is 5.75 Å². The number of aromatic nitrogens is 2. The second-order valence-electron chi connectivity index (χ2n) is 5.87. The van der Waals surface area contributed by atoms with Crippen molar-refractivity contribution in [1.82, 2.24) is 9.78 Å². The number of methoxy groups -OCH3 is 1. The highest BCUT2D eigenvalue weighted by atomic mass is 35.5. The van der Waals surface area contributed by atoms with E-state index in [2.05, 4.69) is 10.4 Å². The molecule has 29 heavy (non-hydrogen) atoms. The van der Waals surface area contributed by atoms with Gasteiger partial charge in [0, 0.05) is 11.1 Å². The Morgan fingerprint density at radius 2 is 1.79 bits per heavy atom. The van der Waals surface area contributed by atoms with Gasteiger partial charge in [-0.3, -0.25) is 9.59 Å². The number of carbonyl (C=O) groups is 1. The summed E-state index contributed by atoms with van der Waals surface area (Å²) in [4.78, 5) is 24.4. The third-order valence-electron chi connectivity index (χ3n) is 3.92. The Hall–Kier alpha value is -3.17. The fraction of sp³-hybridized carbons (Fsp3) is 0.105. The molecule has 1 heterocycles. The van der Waals surface area contributed by atoms with Crippen molar-refractivity contribution in [2.24, 2.45) is 0 Å². The van der Waals surface area contributed by atoms with Crippen LogP contribution in [0, 0.1) is 0 Å². The minimum atomic E-state index is -3.98. The number of halogens is 1. The number of carbonyl (C=O) groups excluding carboxylic acids is 1. The zero-order chi connectivity index (χ0) is 21.0. The average Bonchev–Trinajstić information content (AvgIpc) is 2.70. The summed E-state index contributed by atoms with van der Waals surface area (Å²) in [6, 6.07) is 14.4. The molecule has 10 heteroatoms. The van der Waals surface area contributed by atoms with Crippen LogP contribution in [0.2, 0.25) is 5.02 Å². The lowest BCUT2D eigenvalue weighted by atomic mass is 10.3. The van der Waals surface area contributed by atoms with Crippen molar-refractivity contribution in [1.29, 1.82) is 0 Å². The number of para-hydroxylation sites is 2. The number of anilines is 1. The number of sulfone groups is 1. The van der Waals surface area contributed by atoms with Crippen molar-refractivity contribution in [3.05, 3.63) is 76.0 Å². The van der Waals surface area contributed by atoms with Gasteiger partial charge in [-0.15, -0.1) is 0 Å². The van der Waals surface area contributed by atoms with Crippen LogP contribution in [0.4, 0.5) is 5.69 Å². The second kappa shape index (κ2) is 8.46. The van der Waals surface area contributed by atoms with Crippen LogP contribution in [0.3, 0.4) is 0 Å². The highest BCUT2D eigenvalue weighted by Gasteiger charge is 2.21. The van der Waals surface area contributed by atoms with Gasteiger partial charge in [0.15, 0.2) is 5.03 Å². The number of ether oxygens (including phenoxy) is 1. The number of nitrogens with one attached hydrogen (secondary N) is 1. The molecule has 0 aliphatic heterocycles. The van der Waals surface area contributed by atoms with Crippen molar-refractivity contribution >= 4 is 33.0 Å². The normalized spacial score (nSPS) is 11.1. The van der Waals surface area contributed by atoms with E-state index in [-0.39, 0.29) is 9.92 Å². The molecule has 1 aromatic heterocycles. The molecule has 3 rings (SSSR count). The Balaban J connectivity index is 1.86. The SMILES string of the molecule is COc1ccccc1NC(=O)Cn1nc(S(=O)(=O)c2ccc(Cl)cc2)ccc1=O. The summed E-state index contributed by atoms with van der Waals surface area (Å²) in [7, 11) is -2.52. The van der Waals surface area contributed by atoms with Gasteiger partial charge in [0.05, 0.1) is 17.7 Å². The molecule has 0 unspecified atom stereocenters. The molecule has 0 aliphatic rings. The van der Waals surface area contributed by atoms with Crippen LogP contribution >= 0.6 is 11.6 Å². The first-order valence-corrected chi connectivity index (χ1v) is 10.2. The Labute approximate surface area is 171 Å². The smallest absolute Gasteiger partial charge is 0.267 e. The molecule has 2 aromatic carbocycles. The third kappa shape index (κ3) is 4.64. The van der Waals surface area contributed by atoms with Gasteiger partial charge in [-0.2, -0.15) is 5.10 Å². The molecule has 0 fully saturated rings. The van der Waals surface area contributed by atoms with Gasteiger partial charge in [0.1, 0.15) is 12.3 Å². The quantitative estimate of drug-likeness (QED) is 0.639. The zero-order valence-electron chi connectivity index (χ0n) is 15.2. The van der Waals surface area contributed by atoms with Crippen molar-refractivity contribution in [2.75, 3.05) is 12.4 Å². The Kier molecular flexibility index (Phi) is 6.00. The van der Waals surface area contributed by atoms with E-state index in [1.165, 1.54) is 31.4 Å². The number of hydrogen-bond acceptors (Lipinski definition) is 6. The summed E-state index contributed by atoms with van der Waals surface area (Å²) in [6.45, 7) is -0.471. The zero-order valence-corrected chi connectivity index (χ0v) is 16.8. The van der Waals surface area contributed by atoms with Gasteiger partial charge in [-0.05, 0) is 42.5 Å². The lowest BCUT2D eigenvalue weighted by Gasteiger charge is -2.11. The van der Waals surface area contributed by atoms with Gasteiger partial charge >= 0.3 is 0 Å². The first kappa shape index (κ1) is 20.6. The summed E-state index contributed by atoms with van der Waals surface area (Å²) in [6.07, 6.45) is 0. The van der Waals surface area contributed by atoms with E-state index >= 15 is 0 Å². The monoisotopic (exact) mass is 433 g/mol. The van der Waals surface area contributed by atoms with Crippen LogP contribution in [-0.2, 0) is 21.2 Å². The summed E-state index contributed by atoms with van der Waals surface area (Å²) in [5.41, 5.74) is -0.201. The summed E-state index contributed by atoms with van der Waals surface area (Å²) >= 11 is 5.79. The lowest BCUT2D eigenvalue weighted by Crippen LogP contribution is -2.30. The van der Waals surface area contributed by atoms with Gasteiger partial charge in [0.25, 0.3) is 5.56 Å². The molecule has 0 saturated heterocycles. The molecule has 1 amide bonds. The highest BCUT2D eigenvalue weighted by molar-refractivity contribution is 7.91. The Morgan fingerprint density at radius 3 is 2.48 bits per heavy atom. The molecule has 0 atom stereocenters. The van der Waals surface area contributed by atoms with Crippen molar-refractivity contribution < 1.29 is 17.9 Å². The van der Waals surface area contributed by atoms with Crippen LogP contribution in [0.25, 0.3) is 0 Å². The molecule has 0 spiro atoms. The topological polar surface area (TPSA) is 107 Å². The predicted octanol–water partition coefficient (Wildman–Crippen LogP) is 2.38. The molecule has 0 bridgehead atoms. The Morgan fingerprint density at radius 1 is 1.10 bits per heavy atom. The number of benzene rings is 2. The van der Waals surface area contributed by atoms with Crippen molar-refractivity contribution in [2.45, 2.75) is 16.5 Å². The predicted molar refractivity (Wildman–Crippen MR) is 107 cm³/mol. The van der Waals surface area contributed by atoms with Gasteiger partial charge in [0.2, 0.25) is 15.7 Å². The number of nitrogens with zero attached hydrogens (tertiary/aromatic N) is 2. The van der Waals surface area contributed by atoms with Crippen molar-refractivity contribution in [3.63, 3.8) is 0 Å². The first-order valence-electron chi connectivity index (χ1n) is 8.33.